The van der Waals surface area contributed by atoms with E-state index < -0.39 is 30.0 Å². The van der Waals surface area contributed by atoms with Gasteiger partial charge in [0.05, 0.1) is 22.9 Å². The normalized spacial score (nSPS) is 12.6. The van der Waals surface area contributed by atoms with Gasteiger partial charge < -0.3 is 20.6 Å². The minimum atomic E-state index is -4.69. The number of aromatic hydroxyl groups is 1. The average Bonchev–Trinajstić information content (AvgIpc) is 2.19. The van der Waals surface area contributed by atoms with Crippen LogP contribution in [0.1, 0.15) is 0 Å². The molecule has 0 saturated carbocycles. The van der Waals surface area contributed by atoms with Crippen LogP contribution in [0.5, 0.6) is 5.75 Å². The van der Waals surface area contributed by atoms with Crippen LogP contribution in [0.15, 0.2) is 23.1 Å². The van der Waals surface area contributed by atoms with Gasteiger partial charge in [-0.1, -0.05) is 0 Å². The number of hydrogen-bond donors (Lipinski definition) is 4. The van der Waals surface area contributed by atoms with Crippen LogP contribution in [0.3, 0.4) is 0 Å². The summed E-state index contributed by atoms with van der Waals surface area (Å²) in [6.07, 6.45) is 0. The van der Waals surface area contributed by atoms with Gasteiger partial charge in [-0.2, -0.15) is 0 Å². The highest BCUT2D eigenvalue weighted by Gasteiger charge is 2.19. The molecule has 0 spiro atoms. The van der Waals surface area contributed by atoms with Gasteiger partial charge >= 0.3 is 7.82 Å². The molecule has 1 aromatic rings. The number of nitrogens with two attached hydrogens (primary N) is 1. The number of benzene rings is 1. The summed E-state index contributed by atoms with van der Waals surface area (Å²) in [5.41, 5.74) is 5.24. The maximum atomic E-state index is 11.7. The molecule has 102 valence electrons. The van der Waals surface area contributed by atoms with E-state index in [1.54, 1.807) is 0 Å². The summed E-state index contributed by atoms with van der Waals surface area (Å²) in [7, 11) is -8.47. The minimum Gasteiger partial charge on any atom is -0.506 e. The number of nitrogen functional groups attached to an aromatic ring is 1. The number of phenolic OH excluding ortho intramolecular Hbond substituents is 1. The van der Waals surface area contributed by atoms with Crippen molar-refractivity contribution in [1.29, 1.82) is 0 Å². The molecular weight excluding hydrogens is 285 g/mol. The van der Waals surface area contributed by atoms with E-state index >= 15 is 0 Å². The van der Waals surface area contributed by atoms with Gasteiger partial charge in [-0.15, -0.1) is 0 Å². The molecule has 0 saturated heterocycles. The quantitative estimate of drug-likeness (QED) is 0.333. The highest BCUT2D eigenvalue weighted by molar-refractivity contribution is 7.91. The van der Waals surface area contributed by atoms with Crippen molar-refractivity contribution < 1.29 is 32.4 Å². The summed E-state index contributed by atoms with van der Waals surface area (Å²) >= 11 is 0. The molecule has 0 atom stereocenters. The third-order valence-corrected chi connectivity index (χ3v) is 4.16. The Morgan fingerprint density at radius 3 is 2.44 bits per heavy atom. The fourth-order valence-electron chi connectivity index (χ4n) is 1.11. The van der Waals surface area contributed by atoms with Gasteiger partial charge in [-0.25, -0.2) is 13.0 Å². The first-order valence-corrected chi connectivity index (χ1v) is 7.81. The Labute approximate surface area is 103 Å². The highest BCUT2D eigenvalue weighted by atomic mass is 32.2. The Morgan fingerprint density at radius 1 is 1.33 bits per heavy atom. The lowest BCUT2D eigenvalue weighted by Gasteiger charge is -2.07. The topological polar surface area (TPSA) is 147 Å². The number of anilines is 1. The van der Waals surface area contributed by atoms with Crippen LogP contribution in [-0.2, 0) is 18.9 Å². The molecular formula is C8H12NO7PS. The van der Waals surface area contributed by atoms with Crippen molar-refractivity contribution in [3.05, 3.63) is 18.2 Å². The fourth-order valence-corrected chi connectivity index (χ4v) is 2.68. The average molecular weight is 297 g/mol. The zero-order valence-corrected chi connectivity index (χ0v) is 10.8. The van der Waals surface area contributed by atoms with Crippen molar-refractivity contribution in [2.24, 2.45) is 0 Å². The van der Waals surface area contributed by atoms with Gasteiger partial charge in [0.1, 0.15) is 5.75 Å². The number of hydrogen-bond acceptors (Lipinski definition) is 6. The molecule has 0 radical (unpaired) electrons. The summed E-state index contributed by atoms with van der Waals surface area (Å²) in [4.78, 5) is 16.7. The van der Waals surface area contributed by atoms with Gasteiger partial charge in [0.15, 0.2) is 9.84 Å². The summed E-state index contributed by atoms with van der Waals surface area (Å²) in [5.74, 6) is -0.858. The van der Waals surface area contributed by atoms with E-state index in [0.29, 0.717) is 0 Å². The molecule has 0 fully saturated rings. The molecule has 0 bridgehead atoms. The number of phenols is 1. The predicted octanol–water partition coefficient (Wildman–Crippen LogP) is -0.143. The summed E-state index contributed by atoms with van der Waals surface area (Å²) in [5, 5.41) is 9.14. The van der Waals surface area contributed by atoms with Gasteiger partial charge in [-0.3, -0.25) is 4.52 Å². The van der Waals surface area contributed by atoms with E-state index in [1.807, 2.05) is 0 Å². The maximum absolute atomic E-state index is 11.7. The number of sulfone groups is 1. The van der Waals surface area contributed by atoms with Crippen LogP contribution in [0.4, 0.5) is 5.69 Å². The molecule has 8 nitrogen and oxygen atoms in total. The third-order valence-electron chi connectivity index (χ3n) is 1.97. The van der Waals surface area contributed by atoms with Crippen molar-refractivity contribution in [3.63, 3.8) is 0 Å². The predicted molar refractivity (Wildman–Crippen MR) is 62.6 cm³/mol. The molecule has 0 aliphatic rings. The van der Waals surface area contributed by atoms with Gasteiger partial charge in [-0.05, 0) is 18.2 Å². The molecule has 0 aliphatic carbocycles. The molecule has 0 amide bonds. The Bertz CT molecular complexity index is 579. The van der Waals surface area contributed by atoms with E-state index in [1.165, 1.54) is 0 Å². The van der Waals surface area contributed by atoms with E-state index in [-0.39, 0.29) is 16.3 Å². The molecule has 0 unspecified atom stereocenters. The van der Waals surface area contributed by atoms with E-state index in [4.69, 9.17) is 20.6 Å². The molecule has 0 aromatic heterocycles. The lowest BCUT2D eigenvalue weighted by atomic mass is 10.3. The molecule has 1 aromatic carbocycles. The smallest absolute Gasteiger partial charge is 0.469 e. The van der Waals surface area contributed by atoms with Crippen molar-refractivity contribution in [2.75, 3.05) is 18.1 Å². The van der Waals surface area contributed by atoms with Gasteiger partial charge in [0.2, 0.25) is 0 Å². The zero-order chi connectivity index (χ0) is 14.0. The van der Waals surface area contributed by atoms with Crippen molar-refractivity contribution in [2.45, 2.75) is 4.90 Å². The number of rotatable bonds is 5. The maximum Gasteiger partial charge on any atom is 0.469 e. The number of phosphoric acid groups is 1. The minimum absolute atomic E-state index is 0.105. The fraction of sp³-hybridized carbons (Fsp3) is 0.250. The second-order valence-corrected chi connectivity index (χ2v) is 6.71. The highest BCUT2D eigenvalue weighted by Crippen LogP contribution is 2.35. The molecule has 10 heteroatoms. The van der Waals surface area contributed by atoms with Crippen molar-refractivity contribution in [1.82, 2.24) is 0 Å². The second-order valence-electron chi connectivity index (χ2n) is 3.36. The molecule has 0 aliphatic heterocycles. The largest absolute Gasteiger partial charge is 0.506 e. The van der Waals surface area contributed by atoms with Crippen LogP contribution in [0, 0.1) is 0 Å². The Morgan fingerprint density at radius 2 is 1.94 bits per heavy atom. The summed E-state index contributed by atoms with van der Waals surface area (Å²) in [6, 6.07) is 3.31. The lowest BCUT2D eigenvalue weighted by molar-refractivity contribution is 0.207. The van der Waals surface area contributed by atoms with Gasteiger partial charge in [0.25, 0.3) is 0 Å². The monoisotopic (exact) mass is 297 g/mol. The first-order valence-electron chi connectivity index (χ1n) is 4.63. The van der Waals surface area contributed by atoms with E-state index in [0.717, 1.165) is 18.2 Å². The third kappa shape index (κ3) is 4.28. The molecule has 5 N–H and O–H groups in total. The molecule has 1 rings (SSSR count). The lowest BCUT2D eigenvalue weighted by Crippen LogP contribution is -2.12. The molecule has 0 heterocycles. The first-order chi connectivity index (χ1) is 8.12. The van der Waals surface area contributed by atoms with Crippen LogP contribution in [0.2, 0.25) is 0 Å². The van der Waals surface area contributed by atoms with E-state index in [9.17, 15) is 13.0 Å². The Balaban J connectivity index is 2.81. The summed E-state index contributed by atoms with van der Waals surface area (Å²) < 4.78 is 37.8. The first kappa shape index (κ1) is 14.9. The van der Waals surface area contributed by atoms with Crippen LogP contribution >= 0.6 is 7.82 Å². The van der Waals surface area contributed by atoms with Crippen LogP contribution < -0.4 is 5.73 Å². The van der Waals surface area contributed by atoms with Crippen molar-refractivity contribution >= 4 is 23.3 Å². The standard InChI is InChI=1S/C8H12NO7PS/c9-7-5-6(1-2-8(7)10)18(14,15)4-3-16-17(11,12)13/h1-2,5,10H,3-4,9H2,(H2,11,12,13). The van der Waals surface area contributed by atoms with Crippen LogP contribution in [0.25, 0.3) is 0 Å². The Hall–Kier alpha value is -1.12. The molecule has 18 heavy (non-hydrogen) atoms. The summed E-state index contributed by atoms with van der Waals surface area (Å²) in [6.45, 7) is -0.645. The van der Waals surface area contributed by atoms with E-state index in [2.05, 4.69) is 4.52 Å². The Kier molecular flexibility index (Phi) is 4.36. The second kappa shape index (κ2) is 5.25. The van der Waals surface area contributed by atoms with Crippen LogP contribution in [-0.4, -0.2) is 35.7 Å². The number of phosphoric ester groups is 1. The van der Waals surface area contributed by atoms with Gasteiger partial charge in [0, 0.05) is 0 Å². The SMILES string of the molecule is Nc1cc(S(=O)(=O)CCOP(=O)(O)O)ccc1O. The zero-order valence-electron chi connectivity index (χ0n) is 9.05. The van der Waals surface area contributed by atoms with Crippen molar-refractivity contribution in [3.8, 4) is 5.75 Å².